The Bertz CT molecular complexity index is 765. The highest BCUT2D eigenvalue weighted by molar-refractivity contribution is 5.58. The van der Waals surface area contributed by atoms with Gasteiger partial charge in [-0.05, 0) is 18.8 Å². The molecule has 0 amide bonds. The number of halogens is 3. The fourth-order valence-electron chi connectivity index (χ4n) is 2.62. The molecule has 3 rings (SSSR count). The van der Waals surface area contributed by atoms with E-state index in [-0.39, 0.29) is 17.2 Å². The van der Waals surface area contributed by atoms with Crippen LogP contribution in [-0.4, -0.2) is 26.8 Å². The molecule has 6 nitrogen and oxygen atoms in total. The number of alkyl halides is 3. The summed E-state index contributed by atoms with van der Waals surface area (Å²) in [6.07, 6.45) is -0.844. The lowest BCUT2D eigenvalue weighted by Crippen LogP contribution is -2.12. The second-order valence-corrected chi connectivity index (χ2v) is 6.65. The van der Waals surface area contributed by atoms with Crippen molar-refractivity contribution in [1.29, 1.82) is 0 Å². The Morgan fingerprint density at radius 1 is 1.33 bits per heavy atom. The van der Waals surface area contributed by atoms with Gasteiger partial charge in [0, 0.05) is 19.4 Å². The van der Waals surface area contributed by atoms with Gasteiger partial charge in [0.2, 0.25) is 5.95 Å². The summed E-state index contributed by atoms with van der Waals surface area (Å²) in [5, 5.41) is 9.87. The summed E-state index contributed by atoms with van der Waals surface area (Å²) in [7, 11) is 1.39. The van der Waals surface area contributed by atoms with Crippen molar-refractivity contribution in [2.45, 2.75) is 39.4 Å². The molecule has 24 heavy (non-hydrogen) atoms. The first-order chi connectivity index (χ1) is 11.1. The number of rotatable bonds is 4. The van der Waals surface area contributed by atoms with E-state index in [1.807, 2.05) is 17.8 Å². The molecule has 2 N–H and O–H groups in total. The molecule has 0 saturated heterocycles. The zero-order valence-electron chi connectivity index (χ0n) is 13.9. The summed E-state index contributed by atoms with van der Waals surface area (Å²) in [5.74, 6) is -0.182. The van der Waals surface area contributed by atoms with Crippen LogP contribution in [-0.2, 0) is 6.18 Å². The van der Waals surface area contributed by atoms with E-state index in [1.54, 1.807) is 0 Å². The first-order valence-corrected chi connectivity index (χ1v) is 7.56. The quantitative estimate of drug-likeness (QED) is 0.887. The zero-order valence-corrected chi connectivity index (χ0v) is 13.9. The van der Waals surface area contributed by atoms with Gasteiger partial charge < -0.3 is 10.6 Å². The van der Waals surface area contributed by atoms with Gasteiger partial charge in [0.05, 0.1) is 17.4 Å². The lowest BCUT2D eigenvalue weighted by Gasteiger charge is -2.12. The predicted molar refractivity (Wildman–Crippen MR) is 84.3 cm³/mol. The number of hydrogen-bond donors (Lipinski definition) is 2. The van der Waals surface area contributed by atoms with Gasteiger partial charge in [-0.15, -0.1) is 0 Å². The molecule has 0 aliphatic heterocycles. The maximum atomic E-state index is 12.9. The van der Waals surface area contributed by atoms with E-state index in [4.69, 9.17) is 0 Å². The molecule has 1 unspecified atom stereocenters. The molecule has 0 radical (unpaired) electrons. The Balaban J connectivity index is 1.84. The summed E-state index contributed by atoms with van der Waals surface area (Å²) in [6.45, 7) is 6.16. The van der Waals surface area contributed by atoms with Gasteiger partial charge in [0.25, 0.3) is 0 Å². The van der Waals surface area contributed by atoms with Gasteiger partial charge in [-0.1, -0.05) is 13.8 Å². The molecule has 1 fully saturated rings. The van der Waals surface area contributed by atoms with Crippen molar-refractivity contribution in [3.8, 4) is 0 Å². The lowest BCUT2D eigenvalue weighted by atomic mass is 10.2. The Labute approximate surface area is 137 Å². The van der Waals surface area contributed by atoms with Crippen molar-refractivity contribution in [3.05, 3.63) is 23.7 Å². The number of nitrogens with one attached hydrogen (secondary N) is 2. The van der Waals surface area contributed by atoms with Crippen LogP contribution in [0.5, 0.6) is 0 Å². The van der Waals surface area contributed by atoms with Crippen LogP contribution in [0, 0.1) is 12.3 Å². The largest absolute Gasteiger partial charge is 0.421 e. The average Bonchev–Trinajstić information content (AvgIpc) is 2.97. The van der Waals surface area contributed by atoms with Crippen LogP contribution in [0.4, 0.5) is 30.6 Å². The minimum Gasteiger partial charge on any atom is -0.372 e. The van der Waals surface area contributed by atoms with Crippen molar-refractivity contribution >= 4 is 17.5 Å². The van der Waals surface area contributed by atoms with E-state index < -0.39 is 11.7 Å². The first kappa shape index (κ1) is 16.5. The number of aromatic nitrogens is 4. The molecule has 2 heterocycles. The standard InChI is InChI=1S/C15H19F3N6/c1-8-10(7-24(23-8)11-5-14(11,2)3)21-13-20-6-9(15(16,17)18)12(19-4)22-13/h6-7,11H,5H2,1-4H3,(H2,19,20,21,22). The highest BCUT2D eigenvalue weighted by Gasteiger charge is 2.47. The van der Waals surface area contributed by atoms with E-state index in [0.29, 0.717) is 11.7 Å². The second-order valence-electron chi connectivity index (χ2n) is 6.65. The van der Waals surface area contributed by atoms with Gasteiger partial charge in [-0.3, -0.25) is 4.68 Å². The second kappa shape index (κ2) is 5.35. The van der Waals surface area contributed by atoms with Crippen LogP contribution in [0.1, 0.15) is 37.6 Å². The SMILES string of the molecule is CNc1nc(Nc2cn(C3CC3(C)C)nc2C)ncc1C(F)(F)F. The van der Waals surface area contributed by atoms with Crippen LogP contribution in [0.25, 0.3) is 0 Å². The highest BCUT2D eigenvalue weighted by atomic mass is 19.4. The minimum atomic E-state index is -4.50. The molecule has 1 saturated carbocycles. The van der Waals surface area contributed by atoms with Gasteiger partial charge in [-0.2, -0.15) is 23.3 Å². The number of anilines is 3. The molecule has 1 aliphatic rings. The van der Waals surface area contributed by atoms with Crippen LogP contribution >= 0.6 is 0 Å². The van der Waals surface area contributed by atoms with Crippen LogP contribution in [0.2, 0.25) is 0 Å². The smallest absolute Gasteiger partial charge is 0.372 e. The fraction of sp³-hybridized carbons (Fsp3) is 0.533. The third-order valence-electron chi connectivity index (χ3n) is 4.27. The van der Waals surface area contributed by atoms with Gasteiger partial charge >= 0.3 is 6.18 Å². The minimum absolute atomic E-state index is 0.0880. The lowest BCUT2D eigenvalue weighted by molar-refractivity contribution is -0.137. The van der Waals surface area contributed by atoms with Crippen molar-refractivity contribution in [2.75, 3.05) is 17.7 Å². The molecule has 2 aromatic rings. The van der Waals surface area contributed by atoms with Crippen molar-refractivity contribution in [3.63, 3.8) is 0 Å². The molecule has 130 valence electrons. The van der Waals surface area contributed by atoms with Gasteiger partial charge in [0.1, 0.15) is 11.4 Å². The summed E-state index contributed by atoms with van der Waals surface area (Å²) in [5.41, 5.74) is 0.745. The van der Waals surface area contributed by atoms with E-state index in [0.717, 1.165) is 18.3 Å². The Kier molecular flexibility index (Phi) is 3.69. The number of nitrogens with zero attached hydrogens (tertiary/aromatic N) is 4. The molecule has 2 aromatic heterocycles. The zero-order chi connectivity index (χ0) is 17.7. The third kappa shape index (κ3) is 3.02. The van der Waals surface area contributed by atoms with Crippen molar-refractivity contribution in [2.24, 2.45) is 5.41 Å². The normalized spacial score (nSPS) is 19.2. The van der Waals surface area contributed by atoms with Gasteiger partial charge in [0.15, 0.2) is 0 Å². The molecule has 1 aliphatic carbocycles. The van der Waals surface area contributed by atoms with Crippen LogP contribution in [0.3, 0.4) is 0 Å². The summed E-state index contributed by atoms with van der Waals surface area (Å²) in [4.78, 5) is 7.67. The van der Waals surface area contributed by atoms with E-state index in [1.165, 1.54) is 7.05 Å². The van der Waals surface area contributed by atoms with Crippen LogP contribution < -0.4 is 10.6 Å². The monoisotopic (exact) mass is 340 g/mol. The Morgan fingerprint density at radius 3 is 2.54 bits per heavy atom. The van der Waals surface area contributed by atoms with Crippen molar-refractivity contribution in [1.82, 2.24) is 19.7 Å². The Morgan fingerprint density at radius 2 is 2.00 bits per heavy atom. The predicted octanol–water partition coefficient (Wildman–Crippen LogP) is 3.76. The van der Waals surface area contributed by atoms with E-state index in [2.05, 4.69) is 39.5 Å². The molecular formula is C15H19F3N6. The van der Waals surface area contributed by atoms with E-state index >= 15 is 0 Å². The summed E-state index contributed by atoms with van der Waals surface area (Å²) in [6, 6.07) is 0.341. The number of aryl methyl sites for hydroxylation is 1. The topological polar surface area (TPSA) is 67.7 Å². The van der Waals surface area contributed by atoms with Crippen LogP contribution in [0.15, 0.2) is 12.4 Å². The molecule has 1 atom stereocenters. The fourth-order valence-corrected chi connectivity index (χ4v) is 2.62. The first-order valence-electron chi connectivity index (χ1n) is 7.56. The maximum Gasteiger partial charge on any atom is 0.421 e. The molecule has 0 bridgehead atoms. The van der Waals surface area contributed by atoms with Crippen molar-refractivity contribution < 1.29 is 13.2 Å². The molecule has 0 aromatic carbocycles. The molecular weight excluding hydrogens is 321 g/mol. The average molecular weight is 340 g/mol. The van der Waals surface area contributed by atoms with Gasteiger partial charge in [-0.25, -0.2) is 4.98 Å². The molecule has 9 heteroatoms. The third-order valence-corrected chi connectivity index (χ3v) is 4.27. The molecule has 0 spiro atoms. The maximum absolute atomic E-state index is 12.9. The highest BCUT2D eigenvalue weighted by Crippen LogP contribution is 2.55. The summed E-state index contributed by atoms with van der Waals surface area (Å²) >= 11 is 0. The van der Waals surface area contributed by atoms with E-state index in [9.17, 15) is 13.2 Å². The Hall–Kier alpha value is -2.32. The number of hydrogen-bond acceptors (Lipinski definition) is 5. The summed E-state index contributed by atoms with van der Waals surface area (Å²) < 4.78 is 40.5.